The van der Waals surface area contributed by atoms with Gasteiger partial charge in [-0.15, -0.1) is 0 Å². The second kappa shape index (κ2) is 1.68. The van der Waals surface area contributed by atoms with Gasteiger partial charge in [-0.2, -0.15) is 0 Å². The van der Waals surface area contributed by atoms with Crippen LogP contribution < -0.4 is 5.73 Å². The molecule has 2 rings (SSSR count). The fourth-order valence-electron chi connectivity index (χ4n) is 1.72. The van der Waals surface area contributed by atoms with Crippen LogP contribution in [0, 0.1) is 5.92 Å². The van der Waals surface area contributed by atoms with Crippen LogP contribution in [0.15, 0.2) is 0 Å². The fourth-order valence-corrected chi connectivity index (χ4v) is 1.72. The molecule has 1 aliphatic heterocycles. The zero-order valence-electron chi connectivity index (χ0n) is 5.16. The molecule has 1 heterocycles. The minimum atomic E-state index is -0.294. The van der Waals surface area contributed by atoms with Crippen molar-refractivity contribution in [2.75, 3.05) is 6.61 Å². The first kappa shape index (κ1) is 5.65. The summed E-state index contributed by atoms with van der Waals surface area (Å²) in [7, 11) is 0. The van der Waals surface area contributed by atoms with E-state index in [9.17, 15) is 5.11 Å². The Labute approximate surface area is 53.8 Å². The van der Waals surface area contributed by atoms with E-state index in [0.29, 0.717) is 5.92 Å². The van der Waals surface area contributed by atoms with Crippen LogP contribution in [0.2, 0.25) is 0 Å². The SMILES string of the molecule is NC1C(O)[C@@H]2CCO[C@H]12. The Balaban J connectivity index is 2.06. The molecular formula is C6H11NO2. The molecule has 52 valence electrons. The lowest BCUT2D eigenvalue weighted by Gasteiger charge is -2.41. The molecule has 2 unspecified atom stereocenters. The molecule has 0 aromatic rings. The van der Waals surface area contributed by atoms with Crippen molar-refractivity contribution >= 4 is 0 Å². The first-order valence-corrected chi connectivity index (χ1v) is 3.36. The molecule has 2 fully saturated rings. The Morgan fingerprint density at radius 2 is 2.33 bits per heavy atom. The number of nitrogens with two attached hydrogens (primary N) is 1. The highest BCUT2D eigenvalue weighted by Gasteiger charge is 2.51. The molecule has 1 aliphatic carbocycles. The third-order valence-corrected chi connectivity index (χ3v) is 2.40. The van der Waals surface area contributed by atoms with Gasteiger partial charge in [-0.1, -0.05) is 0 Å². The number of fused-ring (bicyclic) bond motifs is 1. The summed E-state index contributed by atoms with van der Waals surface area (Å²) in [6.07, 6.45) is 0.858. The van der Waals surface area contributed by atoms with Crippen LogP contribution in [0.3, 0.4) is 0 Å². The standard InChI is InChI=1S/C6H11NO2/c7-4-5(8)3-1-2-9-6(3)4/h3-6,8H,1-2,7H2/t3-,4?,5?,6-/m0/s1. The monoisotopic (exact) mass is 129 g/mol. The molecule has 0 aromatic heterocycles. The number of aliphatic hydroxyl groups excluding tert-OH is 1. The van der Waals surface area contributed by atoms with E-state index in [1.165, 1.54) is 0 Å². The molecule has 3 nitrogen and oxygen atoms in total. The summed E-state index contributed by atoms with van der Waals surface area (Å²) in [5, 5.41) is 9.18. The van der Waals surface area contributed by atoms with Crippen LogP contribution in [0.1, 0.15) is 6.42 Å². The normalized spacial score (nSPS) is 56.7. The lowest BCUT2D eigenvalue weighted by molar-refractivity contribution is -0.0889. The molecular weight excluding hydrogens is 118 g/mol. The number of hydrogen-bond acceptors (Lipinski definition) is 3. The molecule has 3 N–H and O–H groups in total. The summed E-state index contributed by atoms with van der Waals surface area (Å²) in [6.45, 7) is 0.778. The van der Waals surface area contributed by atoms with E-state index in [-0.39, 0.29) is 18.2 Å². The molecule has 2 aliphatic rings. The van der Waals surface area contributed by atoms with Crippen molar-refractivity contribution in [3.63, 3.8) is 0 Å². The Morgan fingerprint density at radius 1 is 1.56 bits per heavy atom. The minimum absolute atomic E-state index is 0.113. The van der Waals surface area contributed by atoms with Crippen LogP contribution >= 0.6 is 0 Å². The van der Waals surface area contributed by atoms with Gasteiger partial charge in [-0.05, 0) is 6.42 Å². The van der Waals surface area contributed by atoms with Crippen LogP contribution in [0.4, 0.5) is 0 Å². The van der Waals surface area contributed by atoms with Gasteiger partial charge in [0.1, 0.15) is 0 Å². The summed E-state index contributed by atoms with van der Waals surface area (Å²) in [5.74, 6) is 0.347. The van der Waals surface area contributed by atoms with Gasteiger partial charge in [0.05, 0.1) is 18.2 Å². The number of ether oxygens (including phenoxy) is 1. The zero-order valence-corrected chi connectivity index (χ0v) is 5.16. The van der Waals surface area contributed by atoms with Gasteiger partial charge in [0.25, 0.3) is 0 Å². The summed E-state index contributed by atoms with van der Waals surface area (Å²) in [6, 6.07) is -0.113. The summed E-state index contributed by atoms with van der Waals surface area (Å²) >= 11 is 0. The number of rotatable bonds is 0. The lowest BCUT2D eigenvalue weighted by atomic mass is 9.74. The smallest absolute Gasteiger partial charge is 0.0805 e. The minimum Gasteiger partial charge on any atom is -0.391 e. The van der Waals surface area contributed by atoms with Gasteiger partial charge in [0, 0.05) is 12.5 Å². The van der Waals surface area contributed by atoms with Crippen molar-refractivity contribution in [2.45, 2.75) is 24.7 Å². The number of hydrogen-bond donors (Lipinski definition) is 2. The van der Waals surface area contributed by atoms with Gasteiger partial charge < -0.3 is 15.6 Å². The Bertz CT molecular complexity index is 114. The zero-order chi connectivity index (χ0) is 6.43. The van der Waals surface area contributed by atoms with E-state index in [1.807, 2.05) is 0 Å². The van der Waals surface area contributed by atoms with E-state index in [4.69, 9.17) is 10.5 Å². The summed E-state index contributed by atoms with van der Waals surface area (Å²) in [4.78, 5) is 0. The second-order valence-electron chi connectivity index (χ2n) is 2.86. The highest BCUT2D eigenvalue weighted by atomic mass is 16.5. The fraction of sp³-hybridized carbons (Fsp3) is 1.00. The van der Waals surface area contributed by atoms with Gasteiger partial charge in [0.2, 0.25) is 0 Å². The molecule has 4 atom stereocenters. The van der Waals surface area contributed by atoms with E-state index in [2.05, 4.69) is 0 Å². The van der Waals surface area contributed by atoms with Crippen molar-refractivity contribution in [3.05, 3.63) is 0 Å². The molecule has 0 spiro atoms. The highest BCUT2D eigenvalue weighted by molar-refractivity contribution is 5.04. The van der Waals surface area contributed by atoms with Gasteiger partial charge >= 0.3 is 0 Å². The maximum absolute atomic E-state index is 9.18. The van der Waals surface area contributed by atoms with E-state index in [0.717, 1.165) is 13.0 Å². The van der Waals surface area contributed by atoms with Crippen LogP contribution in [-0.2, 0) is 4.74 Å². The Kier molecular flexibility index (Phi) is 1.06. The third-order valence-electron chi connectivity index (χ3n) is 2.40. The summed E-state index contributed by atoms with van der Waals surface area (Å²) < 4.78 is 5.25. The topological polar surface area (TPSA) is 55.5 Å². The number of aliphatic hydroxyl groups is 1. The van der Waals surface area contributed by atoms with Crippen molar-refractivity contribution in [3.8, 4) is 0 Å². The van der Waals surface area contributed by atoms with Crippen LogP contribution in [-0.4, -0.2) is 30.0 Å². The Hall–Kier alpha value is -0.120. The average molecular weight is 129 g/mol. The maximum atomic E-state index is 9.18. The largest absolute Gasteiger partial charge is 0.391 e. The molecule has 0 bridgehead atoms. The highest BCUT2D eigenvalue weighted by Crippen LogP contribution is 2.37. The molecule has 0 aromatic carbocycles. The molecule has 0 radical (unpaired) electrons. The van der Waals surface area contributed by atoms with Gasteiger partial charge in [0.15, 0.2) is 0 Å². The predicted octanol–water partition coefficient (Wildman–Crippen LogP) is -0.907. The van der Waals surface area contributed by atoms with Gasteiger partial charge in [-0.25, -0.2) is 0 Å². The van der Waals surface area contributed by atoms with E-state index < -0.39 is 0 Å². The van der Waals surface area contributed by atoms with Crippen molar-refractivity contribution in [2.24, 2.45) is 11.7 Å². The quantitative estimate of drug-likeness (QED) is 0.445. The third kappa shape index (κ3) is 0.569. The molecule has 9 heavy (non-hydrogen) atoms. The van der Waals surface area contributed by atoms with Crippen molar-refractivity contribution < 1.29 is 9.84 Å². The Morgan fingerprint density at radius 3 is 3.00 bits per heavy atom. The van der Waals surface area contributed by atoms with E-state index >= 15 is 0 Å². The van der Waals surface area contributed by atoms with Crippen molar-refractivity contribution in [1.82, 2.24) is 0 Å². The first-order valence-electron chi connectivity index (χ1n) is 3.36. The molecule has 1 saturated carbocycles. The second-order valence-corrected chi connectivity index (χ2v) is 2.86. The summed E-state index contributed by atoms with van der Waals surface area (Å²) in [5.41, 5.74) is 5.53. The molecule has 3 heteroatoms. The first-order chi connectivity index (χ1) is 4.30. The molecule has 1 saturated heterocycles. The average Bonchev–Trinajstić information content (AvgIpc) is 2.30. The van der Waals surface area contributed by atoms with Crippen molar-refractivity contribution in [1.29, 1.82) is 0 Å². The molecule has 0 amide bonds. The van der Waals surface area contributed by atoms with Gasteiger partial charge in [-0.3, -0.25) is 0 Å². The predicted molar refractivity (Wildman–Crippen MR) is 31.8 cm³/mol. The van der Waals surface area contributed by atoms with Crippen LogP contribution in [0.5, 0.6) is 0 Å². The maximum Gasteiger partial charge on any atom is 0.0805 e. The van der Waals surface area contributed by atoms with Crippen LogP contribution in [0.25, 0.3) is 0 Å². The lowest BCUT2D eigenvalue weighted by Crippen LogP contribution is -2.62. The van der Waals surface area contributed by atoms with E-state index in [1.54, 1.807) is 0 Å².